The van der Waals surface area contributed by atoms with Crippen LogP contribution in [-0.4, -0.2) is 67.4 Å². The Morgan fingerprint density at radius 3 is 2.69 bits per heavy atom. The molecule has 3 aliphatic rings. The average Bonchev–Trinajstić information content (AvgIpc) is 3.03. The molecule has 0 atom stereocenters. The van der Waals surface area contributed by atoms with Gasteiger partial charge in [-0.1, -0.05) is 0 Å². The number of morpholine rings is 1. The molecular formula is C18H24ClN5O2. The maximum absolute atomic E-state index is 6.17. The molecule has 5 rings (SSSR count). The molecule has 1 N–H and O–H groups in total. The molecule has 1 spiro atoms. The summed E-state index contributed by atoms with van der Waals surface area (Å²) in [6, 6.07) is 2.01. The number of hydrogen-bond acceptors (Lipinski definition) is 7. The molecule has 0 radical (unpaired) electrons. The van der Waals surface area contributed by atoms with Crippen LogP contribution in [0.3, 0.4) is 0 Å². The van der Waals surface area contributed by atoms with Crippen LogP contribution in [0.2, 0.25) is 5.28 Å². The SMILES string of the molecule is Clc1nc(N2CCOCC2)c2oc(CN3CC4(CCNCC4)C3)cc2n1. The van der Waals surface area contributed by atoms with Gasteiger partial charge in [-0.3, -0.25) is 4.90 Å². The van der Waals surface area contributed by atoms with Gasteiger partial charge in [-0.25, -0.2) is 4.98 Å². The molecule has 0 saturated carbocycles. The van der Waals surface area contributed by atoms with Crippen molar-refractivity contribution in [3.63, 3.8) is 0 Å². The number of hydrogen-bond donors (Lipinski definition) is 1. The Kier molecular flexibility index (Phi) is 4.27. The molecule has 0 aliphatic carbocycles. The predicted octanol–water partition coefficient (Wildman–Crippen LogP) is 1.90. The molecule has 7 nitrogen and oxygen atoms in total. The molecule has 26 heavy (non-hydrogen) atoms. The number of likely N-dealkylation sites (tertiary alicyclic amines) is 1. The molecule has 3 saturated heterocycles. The van der Waals surface area contributed by atoms with Crippen LogP contribution in [0.25, 0.3) is 11.1 Å². The lowest BCUT2D eigenvalue weighted by atomic mass is 9.72. The zero-order valence-electron chi connectivity index (χ0n) is 14.8. The van der Waals surface area contributed by atoms with Gasteiger partial charge in [0.1, 0.15) is 11.3 Å². The number of furan rings is 1. The van der Waals surface area contributed by atoms with Crippen LogP contribution < -0.4 is 10.2 Å². The van der Waals surface area contributed by atoms with Gasteiger partial charge in [-0.15, -0.1) is 0 Å². The highest BCUT2D eigenvalue weighted by Crippen LogP contribution is 2.40. The largest absolute Gasteiger partial charge is 0.454 e. The highest BCUT2D eigenvalue weighted by atomic mass is 35.5. The second kappa shape index (κ2) is 6.64. The van der Waals surface area contributed by atoms with Crippen LogP contribution in [0.15, 0.2) is 10.5 Å². The molecular weight excluding hydrogens is 354 g/mol. The van der Waals surface area contributed by atoms with Gasteiger partial charge < -0.3 is 19.4 Å². The minimum Gasteiger partial charge on any atom is -0.454 e. The van der Waals surface area contributed by atoms with Gasteiger partial charge in [-0.05, 0) is 42.9 Å². The first-order valence-electron chi connectivity index (χ1n) is 9.43. The van der Waals surface area contributed by atoms with E-state index in [9.17, 15) is 0 Å². The summed E-state index contributed by atoms with van der Waals surface area (Å²) in [5.74, 6) is 1.72. The van der Waals surface area contributed by atoms with Crippen molar-refractivity contribution in [3.8, 4) is 0 Å². The second-order valence-corrected chi connectivity index (χ2v) is 8.08. The highest BCUT2D eigenvalue weighted by Gasteiger charge is 2.43. The molecule has 0 amide bonds. The first-order chi connectivity index (χ1) is 12.7. The van der Waals surface area contributed by atoms with Crippen molar-refractivity contribution < 1.29 is 9.15 Å². The third-order valence-corrected chi connectivity index (χ3v) is 6.02. The van der Waals surface area contributed by atoms with Crippen LogP contribution in [0.5, 0.6) is 0 Å². The molecule has 2 aromatic rings. The Balaban J connectivity index is 1.35. The molecule has 3 aliphatic heterocycles. The summed E-state index contributed by atoms with van der Waals surface area (Å²) in [6.07, 6.45) is 2.57. The fourth-order valence-electron chi connectivity index (χ4n) is 4.51. The number of aromatic nitrogens is 2. The summed E-state index contributed by atoms with van der Waals surface area (Å²) in [7, 11) is 0. The van der Waals surface area contributed by atoms with E-state index < -0.39 is 0 Å². The number of halogens is 1. The van der Waals surface area contributed by atoms with E-state index in [1.807, 2.05) is 6.07 Å². The Hall–Kier alpha value is -1.41. The van der Waals surface area contributed by atoms with Gasteiger partial charge in [-0.2, -0.15) is 4.98 Å². The zero-order valence-corrected chi connectivity index (χ0v) is 15.6. The zero-order chi connectivity index (χ0) is 17.6. The highest BCUT2D eigenvalue weighted by molar-refractivity contribution is 6.28. The molecule has 5 heterocycles. The van der Waals surface area contributed by atoms with Gasteiger partial charge in [0.25, 0.3) is 0 Å². The third kappa shape index (κ3) is 3.07. The monoisotopic (exact) mass is 377 g/mol. The van der Waals surface area contributed by atoms with Crippen LogP contribution in [0.1, 0.15) is 18.6 Å². The van der Waals surface area contributed by atoms with Crippen molar-refractivity contribution in [2.45, 2.75) is 19.4 Å². The van der Waals surface area contributed by atoms with E-state index in [2.05, 4.69) is 25.1 Å². The number of rotatable bonds is 3. The van der Waals surface area contributed by atoms with Crippen LogP contribution in [0.4, 0.5) is 5.82 Å². The van der Waals surface area contributed by atoms with E-state index in [4.69, 9.17) is 20.8 Å². The minimum atomic E-state index is 0.268. The topological polar surface area (TPSA) is 66.7 Å². The lowest BCUT2D eigenvalue weighted by Crippen LogP contribution is -2.59. The molecule has 140 valence electrons. The Labute approximate surface area is 157 Å². The smallest absolute Gasteiger partial charge is 0.225 e. The number of nitrogens with one attached hydrogen (secondary N) is 1. The second-order valence-electron chi connectivity index (χ2n) is 7.74. The van der Waals surface area contributed by atoms with Gasteiger partial charge in [0.15, 0.2) is 11.4 Å². The van der Waals surface area contributed by atoms with Crippen molar-refractivity contribution in [1.82, 2.24) is 20.2 Å². The van der Waals surface area contributed by atoms with Crippen molar-refractivity contribution in [3.05, 3.63) is 17.1 Å². The molecule has 0 unspecified atom stereocenters. The van der Waals surface area contributed by atoms with E-state index in [0.717, 1.165) is 68.5 Å². The lowest BCUT2D eigenvalue weighted by molar-refractivity contribution is -0.0314. The van der Waals surface area contributed by atoms with Crippen molar-refractivity contribution in [1.29, 1.82) is 0 Å². The van der Waals surface area contributed by atoms with Crippen LogP contribution in [-0.2, 0) is 11.3 Å². The van der Waals surface area contributed by atoms with Gasteiger partial charge >= 0.3 is 0 Å². The summed E-state index contributed by atoms with van der Waals surface area (Å²) in [6.45, 7) is 8.42. The molecule has 2 aromatic heterocycles. The normalized spacial score (nSPS) is 23.5. The molecule has 0 aromatic carbocycles. The first kappa shape index (κ1) is 16.7. The predicted molar refractivity (Wildman–Crippen MR) is 99.7 cm³/mol. The molecule has 0 bridgehead atoms. The standard InChI is InChI=1S/C18H24ClN5O2/c19-17-21-14-9-13(10-23-11-18(12-23)1-3-20-4-2-18)26-15(14)16(22-17)24-5-7-25-8-6-24/h9,20H,1-8,10-12H2. The minimum absolute atomic E-state index is 0.268. The third-order valence-electron chi connectivity index (χ3n) is 5.85. The van der Waals surface area contributed by atoms with Gasteiger partial charge in [0.2, 0.25) is 5.28 Å². The van der Waals surface area contributed by atoms with E-state index in [-0.39, 0.29) is 5.28 Å². The number of nitrogens with zero attached hydrogens (tertiary/aromatic N) is 4. The van der Waals surface area contributed by atoms with Gasteiger partial charge in [0.05, 0.1) is 19.8 Å². The summed E-state index contributed by atoms with van der Waals surface area (Å²) in [5.41, 5.74) is 2.06. The van der Waals surface area contributed by atoms with Crippen molar-refractivity contribution in [2.75, 3.05) is 57.4 Å². The number of piperidine rings is 1. The summed E-state index contributed by atoms with van der Waals surface area (Å²) in [4.78, 5) is 13.4. The number of anilines is 1. The summed E-state index contributed by atoms with van der Waals surface area (Å²) >= 11 is 6.16. The van der Waals surface area contributed by atoms with Crippen molar-refractivity contribution in [2.24, 2.45) is 5.41 Å². The Morgan fingerprint density at radius 2 is 1.92 bits per heavy atom. The molecule has 3 fully saturated rings. The quantitative estimate of drug-likeness (QED) is 0.819. The fraction of sp³-hybridized carbons (Fsp3) is 0.667. The average molecular weight is 378 g/mol. The summed E-state index contributed by atoms with van der Waals surface area (Å²) in [5, 5.41) is 3.72. The maximum atomic E-state index is 6.17. The molecule has 8 heteroatoms. The van der Waals surface area contributed by atoms with Crippen molar-refractivity contribution >= 4 is 28.5 Å². The number of fused-ring (bicyclic) bond motifs is 1. The van der Waals surface area contributed by atoms with Gasteiger partial charge in [0, 0.05) is 32.2 Å². The van der Waals surface area contributed by atoms with E-state index in [0.29, 0.717) is 18.6 Å². The van der Waals surface area contributed by atoms with Crippen LogP contribution >= 0.6 is 11.6 Å². The van der Waals surface area contributed by atoms with E-state index in [1.165, 1.54) is 12.8 Å². The first-order valence-corrected chi connectivity index (χ1v) is 9.80. The Morgan fingerprint density at radius 1 is 1.15 bits per heavy atom. The van der Waals surface area contributed by atoms with E-state index >= 15 is 0 Å². The fourth-order valence-corrected chi connectivity index (χ4v) is 4.68. The number of ether oxygens (including phenoxy) is 1. The van der Waals surface area contributed by atoms with E-state index in [1.54, 1.807) is 0 Å². The Bertz CT molecular complexity index is 790. The summed E-state index contributed by atoms with van der Waals surface area (Å²) < 4.78 is 11.6. The lowest BCUT2D eigenvalue weighted by Gasteiger charge is -2.52. The maximum Gasteiger partial charge on any atom is 0.225 e. The van der Waals surface area contributed by atoms with Crippen LogP contribution in [0, 0.1) is 5.41 Å².